The van der Waals surface area contributed by atoms with Crippen molar-refractivity contribution in [3.8, 4) is 0 Å². The fourth-order valence-corrected chi connectivity index (χ4v) is 3.01. The molecule has 0 spiro atoms. The number of aromatic nitrogens is 2. The molecule has 0 aliphatic heterocycles. The zero-order valence-electron chi connectivity index (χ0n) is 11.3. The minimum atomic E-state index is -0.459. The van der Waals surface area contributed by atoms with Crippen LogP contribution in [-0.2, 0) is 4.74 Å². The van der Waals surface area contributed by atoms with Crippen LogP contribution in [0.3, 0.4) is 0 Å². The van der Waals surface area contributed by atoms with Gasteiger partial charge in [0, 0.05) is 11.3 Å². The molecule has 5 nitrogen and oxygen atoms in total. The van der Waals surface area contributed by atoms with Crippen molar-refractivity contribution in [3.63, 3.8) is 0 Å². The fraction of sp³-hybridized carbons (Fsp3) is 0.615. The Morgan fingerprint density at radius 2 is 2.05 bits per heavy atom. The minimum absolute atomic E-state index is 0.235. The van der Waals surface area contributed by atoms with E-state index in [0.717, 1.165) is 23.9 Å². The summed E-state index contributed by atoms with van der Waals surface area (Å²) in [5.41, 5.74) is 0.235. The lowest BCUT2D eigenvalue weighted by atomic mass is 9.95. The van der Waals surface area contributed by atoms with E-state index >= 15 is 0 Å². The first-order valence-corrected chi connectivity index (χ1v) is 7.71. The summed E-state index contributed by atoms with van der Waals surface area (Å²) in [6.07, 6.45) is 10.0. The van der Waals surface area contributed by atoms with Crippen molar-refractivity contribution in [2.75, 3.05) is 18.7 Å². The van der Waals surface area contributed by atoms with E-state index in [1.807, 2.05) is 11.8 Å². The summed E-state index contributed by atoms with van der Waals surface area (Å²) in [7, 11) is 1.33. The molecule has 6 heteroatoms. The summed E-state index contributed by atoms with van der Waals surface area (Å²) in [6.45, 7) is 0. The van der Waals surface area contributed by atoms with E-state index in [1.165, 1.54) is 26.1 Å². The van der Waals surface area contributed by atoms with Crippen molar-refractivity contribution in [1.82, 2.24) is 9.97 Å². The summed E-state index contributed by atoms with van der Waals surface area (Å²) in [5.74, 6) is 0.264. The third-order valence-corrected chi connectivity index (χ3v) is 4.54. The second kappa shape index (κ2) is 6.75. The maximum atomic E-state index is 11.2. The predicted molar refractivity (Wildman–Crippen MR) is 76.6 cm³/mol. The maximum Gasteiger partial charge on any atom is 0.358 e. The lowest BCUT2D eigenvalue weighted by Gasteiger charge is -2.28. The van der Waals surface area contributed by atoms with E-state index in [9.17, 15) is 4.79 Å². The van der Waals surface area contributed by atoms with Crippen LogP contribution in [0.5, 0.6) is 0 Å². The van der Waals surface area contributed by atoms with Gasteiger partial charge in [-0.2, -0.15) is 11.8 Å². The lowest BCUT2D eigenvalue weighted by molar-refractivity contribution is 0.0593. The molecule has 19 heavy (non-hydrogen) atoms. The van der Waals surface area contributed by atoms with Gasteiger partial charge in [-0.15, -0.1) is 0 Å². The van der Waals surface area contributed by atoms with Gasteiger partial charge in [0.25, 0.3) is 0 Å². The summed E-state index contributed by atoms with van der Waals surface area (Å²) in [5, 5.41) is 4.17. The first-order chi connectivity index (χ1) is 9.22. The van der Waals surface area contributed by atoms with Crippen LogP contribution in [0.25, 0.3) is 0 Å². The monoisotopic (exact) mass is 281 g/mol. The number of carbonyl (C=O) groups excluding carboxylic acids is 1. The smallest absolute Gasteiger partial charge is 0.358 e. The van der Waals surface area contributed by atoms with E-state index in [-0.39, 0.29) is 5.69 Å². The van der Waals surface area contributed by atoms with Crippen molar-refractivity contribution < 1.29 is 9.53 Å². The first kappa shape index (κ1) is 14.1. The number of hydrogen-bond acceptors (Lipinski definition) is 6. The molecule has 1 aliphatic carbocycles. The molecule has 1 N–H and O–H groups in total. The molecule has 2 rings (SSSR count). The van der Waals surface area contributed by atoms with Crippen molar-refractivity contribution in [2.45, 2.75) is 37.0 Å². The number of ether oxygens (including phenoxy) is 1. The molecule has 1 heterocycles. The van der Waals surface area contributed by atoms with E-state index < -0.39 is 5.97 Å². The SMILES string of the molecule is COC(=O)c1cnc(NC2CCC(SC)CC2)cn1. The van der Waals surface area contributed by atoms with Gasteiger partial charge in [0.1, 0.15) is 5.82 Å². The summed E-state index contributed by atoms with van der Waals surface area (Å²) in [6, 6.07) is 0.460. The van der Waals surface area contributed by atoms with E-state index in [0.29, 0.717) is 6.04 Å². The number of hydrogen-bond donors (Lipinski definition) is 1. The van der Waals surface area contributed by atoms with Gasteiger partial charge < -0.3 is 10.1 Å². The van der Waals surface area contributed by atoms with Gasteiger partial charge in [-0.25, -0.2) is 14.8 Å². The van der Waals surface area contributed by atoms with Crippen LogP contribution in [0.4, 0.5) is 5.82 Å². The number of rotatable bonds is 4. The Labute approximate surface area is 117 Å². The van der Waals surface area contributed by atoms with Gasteiger partial charge >= 0.3 is 5.97 Å². The topological polar surface area (TPSA) is 64.1 Å². The van der Waals surface area contributed by atoms with Crippen LogP contribution in [0.1, 0.15) is 36.2 Å². The van der Waals surface area contributed by atoms with Crippen LogP contribution in [0.15, 0.2) is 12.4 Å². The Bertz CT molecular complexity index is 416. The number of nitrogens with one attached hydrogen (secondary N) is 1. The first-order valence-electron chi connectivity index (χ1n) is 6.42. The minimum Gasteiger partial charge on any atom is -0.464 e. The molecule has 104 valence electrons. The Morgan fingerprint density at radius 3 is 2.58 bits per heavy atom. The Kier molecular flexibility index (Phi) is 5.01. The zero-order chi connectivity index (χ0) is 13.7. The fourth-order valence-electron chi connectivity index (χ4n) is 2.26. The number of nitrogens with zero attached hydrogens (tertiary/aromatic N) is 2. The zero-order valence-corrected chi connectivity index (χ0v) is 12.1. The van der Waals surface area contributed by atoms with Crippen molar-refractivity contribution in [2.24, 2.45) is 0 Å². The molecule has 0 amide bonds. The highest BCUT2D eigenvalue weighted by atomic mass is 32.2. The van der Waals surface area contributed by atoms with Crippen LogP contribution >= 0.6 is 11.8 Å². The molecule has 0 aromatic carbocycles. The maximum absolute atomic E-state index is 11.2. The van der Waals surface area contributed by atoms with Gasteiger partial charge in [0.2, 0.25) is 0 Å². The molecule has 0 bridgehead atoms. The highest BCUT2D eigenvalue weighted by Crippen LogP contribution is 2.28. The van der Waals surface area contributed by atoms with E-state index in [4.69, 9.17) is 0 Å². The molecule has 1 aromatic heterocycles. The third kappa shape index (κ3) is 3.83. The molecule has 1 saturated carbocycles. The number of carbonyl (C=O) groups is 1. The van der Waals surface area contributed by atoms with Crippen LogP contribution in [0, 0.1) is 0 Å². The largest absolute Gasteiger partial charge is 0.464 e. The standard InChI is InChI=1S/C13H19N3O2S/c1-18-13(17)11-7-15-12(8-14-11)16-9-3-5-10(19-2)6-4-9/h7-10H,3-6H2,1-2H3,(H,15,16). The molecule has 0 unspecified atom stereocenters. The molecule has 1 aliphatic rings. The Morgan fingerprint density at radius 1 is 1.32 bits per heavy atom. The van der Waals surface area contributed by atoms with Crippen molar-refractivity contribution in [3.05, 3.63) is 18.1 Å². The van der Waals surface area contributed by atoms with Crippen LogP contribution in [0.2, 0.25) is 0 Å². The second-order valence-corrected chi connectivity index (χ2v) is 5.77. The number of methoxy groups -OCH3 is 1. The van der Waals surface area contributed by atoms with Crippen molar-refractivity contribution >= 4 is 23.5 Å². The highest BCUT2D eigenvalue weighted by Gasteiger charge is 2.20. The van der Waals surface area contributed by atoms with Gasteiger partial charge in [0.15, 0.2) is 5.69 Å². The van der Waals surface area contributed by atoms with Gasteiger partial charge in [-0.05, 0) is 31.9 Å². The lowest BCUT2D eigenvalue weighted by Crippen LogP contribution is -2.27. The molecule has 0 radical (unpaired) electrons. The van der Waals surface area contributed by atoms with Crippen LogP contribution in [-0.4, -0.2) is 40.6 Å². The Hall–Kier alpha value is -1.30. The average Bonchev–Trinajstić information content (AvgIpc) is 2.48. The highest BCUT2D eigenvalue weighted by molar-refractivity contribution is 7.99. The molecule has 0 atom stereocenters. The molecule has 0 saturated heterocycles. The number of esters is 1. The van der Waals surface area contributed by atoms with Gasteiger partial charge in [-0.1, -0.05) is 0 Å². The summed E-state index contributed by atoms with van der Waals surface area (Å²) >= 11 is 1.95. The molecule has 1 aromatic rings. The van der Waals surface area contributed by atoms with Crippen molar-refractivity contribution in [1.29, 1.82) is 0 Å². The summed E-state index contributed by atoms with van der Waals surface area (Å²) < 4.78 is 4.59. The van der Waals surface area contributed by atoms with Gasteiger partial charge in [0.05, 0.1) is 19.5 Å². The molecular formula is C13H19N3O2S. The number of thioether (sulfide) groups is 1. The molecular weight excluding hydrogens is 262 g/mol. The quantitative estimate of drug-likeness (QED) is 0.855. The average molecular weight is 281 g/mol. The van der Waals surface area contributed by atoms with Crippen LogP contribution < -0.4 is 5.32 Å². The summed E-state index contributed by atoms with van der Waals surface area (Å²) in [4.78, 5) is 19.5. The second-order valence-electron chi connectivity index (χ2n) is 4.63. The van der Waals surface area contributed by atoms with Gasteiger partial charge in [-0.3, -0.25) is 0 Å². The third-order valence-electron chi connectivity index (χ3n) is 3.41. The normalized spacial score (nSPS) is 22.8. The Balaban J connectivity index is 1.88. The molecule has 1 fully saturated rings. The number of anilines is 1. The van der Waals surface area contributed by atoms with E-state index in [1.54, 1.807) is 6.20 Å². The van der Waals surface area contributed by atoms with E-state index in [2.05, 4.69) is 26.3 Å². The predicted octanol–water partition coefficient (Wildman–Crippen LogP) is 2.35.